The Morgan fingerprint density at radius 3 is 2.46 bits per heavy atom. The highest BCUT2D eigenvalue weighted by Crippen LogP contribution is 2.36. The summed E-state index contributed by atoms with van der Waals surface area (Å²) in [5.41, 5.74) is 0.682. The number of imide groups is 1. The number of nitrogens with zero attached hydrogens (tertiary/aromatic N) is 2. The van der Waals surface area contributed by atoms with E-state index in [0.717, 1.165) is 9.92 Å². The number of halogens is 4. The second kappa shape index (κ2) is 9.24. The number of nitrogens with one attached hydrogen (secondary N) is 1. The van der Waals surface area contributed by atoms with Crippen molar-refractivity contribution in [2.75, 3.05) is 0 Å². The number of rotatable bonds is 5. The molecule has 0 aliphatic rings. The fourth-order valence-corrected chi connectivity index (χ4v) is 3.84. The maximum Gasteiger partial charge on any atom is 0.278 e. The van der Waals surface area contributed by atoms with Crippen molar-refractivity contribution in [2.45, 2.75) is 39.6 Å². The largest absolute Gasteiger partial charge is 0.376 e. The number of hydrogen-bond acceptors (Lipinski definition) is 5. The van der Waals surface area contributed by atoms with E-state index in [1.807, 2.05) is 31.3 Å². The number of aliphatic hydroxyl groups excluding tert-OH is 1. The Morgan fingerprint density at radius 1 is 1.29 bits per heavy atom. The van der Waals surface area contributed by atoms with Gasteiger partial charge in [-0.05, 0) is 24.1 Å². The second-order valence-electron chi connectivity index (χ2n) is 6.15. The maximum absolute atomic E-state index is 12.2. The van der Waals surface area contributed by atoms with Gasteiger partial charge in [-0.15, -0.1) is 0 Å². The molecular formula is C17H17Cl4N3O3S. The van der Waals surface area contributed by atoms with Gasteiger partial charge in [0.2, 0.25) is 0 Å². The summed E-state index contributed by atoms with van der Waals surface area (Å²) in [5, 5.41) is 13.6. The van der Waals surface area contributed by atoms with Gasteiger partial charge >= 0.3 is 0 Å². The minimum Gasteiger partial charge on any atom is -0.376 e. The molecular weight excluding hydrogens is 468 g/mol. The number of benzene rings is 1. The van der Waals surface area contributed by atoms with E-state index >= 15 is 0 Å². The molecule has 0 fully saturated rings. The molecule has 2 aromatic rings. The number of aromatic nitrogens is 2. The average molecular weight is 485 g/mol. The molecule has 0 spiro atoms. The third kappa shape index (κ3) is 5.55. The van der Waals surface area contributed by atoms with Crippen molar-refractivity contribution < 1.29 is 14.7 Å². The van der Waals surface area contributed by atoms with Crippen LogP contribution < -0.4 is 5.32 Å². The van der Waals surface area contributed by atoms with Crippen molar-refractivity contribution in [3.05, 3.63) is 40.8 Å². The predicted octanol–water partition coefficient (Wildman–Crippen LogP) is 4.39. The van der Waals surface area contributed by atoms with Crippen molar-refractivity contribution in [1.29, 1.82) is 0 Å². The molecule has 0 aliphatic carbocycles. The molecule has 0 bridgehead atoms. The lowest BCUT2D eigenvalue weighted by atomic mass is 10.1. The van der Waals surface area contributed by atoms with Gasteiger partial charge in [-0.1, -0.05) is 78.1 Å². The summed E-state index contributed by atoms with van der Waals surface area (Å²) in [7, 11) is 1.66. The van der Waals surface area contributed by atoms with Crippen molar-refractivity contribution in [3.8, 4) is 0 Å². The summed E-state index contributed by atoms with van der Waals surface area (Å²) in [4.78, 5) is 29.2. The second-order valence-corrected chi connectivity index (χ2v) is 9.93. The molecule has 0 saturated heterocycles. The maximum atomic E-state index is 12.2. The molecule has 1 heterocycles. The van der Waals surface area contributed by atoms with Gasteiger partial charge in [0.1, 0.15) is 10.9 Å². The Balaban J connectivity index is 2.35. The summed E-state index contributed by atoms with van der Waals surface area (Å²) >= 11 is 23.7. The van der Waals surface area contributed by atoms with Crippen LogP contribution in [0.15, 0.2) is 34.2 Å². The minimum atomic E-state index is -2.33. The van der Waals surface area contributed by atoms with Crippen LogP contribution >= 0.6 is 58.2 Å². The average Bonchev–Trinajstić information content (AvgIpc) is 2.90. The first-order valence-electron chi connectivity index (χ1n) is 8.01. The van der Waals surface area contributed by atoms with Crippen LogP contribution in [0.4, 0.5) is 0 Å². The highest BCUT2D eigenvalue weighted by atomic mass is 35.6. The number of carbonyl (C=O) groups excluding carboxylic acids is 2. The van der Waals surface area contributed by atoms with Crippen molar-refractivity contribution in [3.63, 3.8) is 0 Å². The summed E-state index contributed by atoms with van der Waals surface area (Å²) < 4.78 is -0.737. The van der Waals surface area contributed by atoms with Crippen molar-refractivity contribution in [2.24, 2.45) is 7.05 Å². The fraction of sp³-hybridized carbons (Fsp3) is 0.353. The first-order chi connectivity index (χ1) is 12.9. The van der Waals surface area contributed by atoms with E-state index in [1.54, 1.807) is 23.7 Å². The van der Waals surface area contributed by atoms with Gasteiger partial charge < -0.3 is 9.67 Å². The van der Waals surface area contributed by atoms with Crippen LogP contribution in [0.1, 0.15) is 37.4 Å². The van der Waals surface area contributed by atoms with Crippen LogP contribution in [-0.2, 0) is 16.6 Å². The molecule has 0 saturated carbocycles. The fourth-order valence-electron chi connectivity index (χ4n) is 2.27. The summed E-state index contributed by atoms with van der Waals surface area (Å²) in [6, 6.07) is 7.27. The van der Waals surface area contributed by atoms with Crippen LogP contribution in [0.3, 0.4) is 0 Å². The van der Waals surface area contributed by atoms with Gasteiger partial charge in [-0.25, -0.2) is 4.98 Å². The van der Waals surface area contributed by atoms with E-state index in [2.05, 4.69) is 4.98 Å². The highest BCUT2D eigenvalue weighted by molar-refractivity contribution is 7.99. The SMILES string of the molecule is CC(C)c1nc(C(O)C(=O)NC(=O)C(Cl)(Cl)Cl)n(C)c1Sc1cccc(Cl)c1. The number of alkyl halides is 3. The zero-order chi connectivity index (χ0) is 21.2. The zero-order valence-electron chi connectivity index (χ0n) is 15.0. The number of imidazole rings is 1. The van der Waals surface area contributed by atoms with Gasteiger partial charge in [0.15, 0.2) is 6.10 Å². The van der Waals surface area contributed by atoms with Crippen LogP contribution in [0.25, 0.3) is 0 Å². The normalized spacial score (nSPS) is 12.9. The molecule has 1 atom stereocenters. The molecule has 1 unspecified atom stereocenters. The van der Waals surface area contributed by atoms with E-state index < -0.39 is 21.7 Å². The van der Waals surface area contributed by atoms with Crippen LogP contribution in [0.5, 0.6) is 0 Å². The molecule has 6 nitrogen and oxygen atoms in total. The number of aliphatic hydroxyl groups is 1. The molecule has 2 amide bonds. The molecule has 0 radical (unpaired) electrons. The minimum absolute atomic E-state index is 0.0136. The smallest absolute Gasteiger partial charge is 0.278 e. The van der Waals surface area contributed by atoms with E-state index in [1.165, 1.54) is 11.8 Å². The third-order valence-corrected chi connectivity index (χ3v) is 5.56. The van der Waals surface area contributed by atoms with E-state index in [9.17, 15) is 14.7 Å². The van der Waals surface area contributed by atoms with Gasteiger partial charge in [0.05, 0.1) is 5.69 Å². The molecule has 1 aromatic carbocycles. The molecule has 1 aromatic heterocycles. The first kappa shape index (κ1) is 23.3. The molecule has 152 valence electrons. The molecule has 2 rings (SSSR count). The summed E-state index contributed by atoms with van der Waals surface area (Å²) in [6.07, 6.45) is -1.73. The number of hydrogen-bond donors (Lipinski definition) is 2. The quantitative estimate of drug-likeness (QED) is 0.614. The van der Waals surface area contributed by atoms with E-state index in [-0.39, 0.29) is 11.7 Å². The van der Waals surface area contributed by atoms with E-state index in [0.29, 0.717) is 10.7 Å². The van der Waals surface area contributed by atoms with Gasteiger partial charge in [0, 0.05) is 17.0 Å². The lowest BCUT2D eigenvalue weighted by Crippen LogP contribution is -2.41. The topological polar surface area (TPSA) is 84.2 Å². The first-order valence-corrected chi connectivity index (χ1v) is 10.3. The number of amides is 2. The Kier molecular flexibility index (Phi) is 7.69. The summed E-state index contributed by atoms with van der Waals surface area (Å²) in [5.74, 6) is -2.13. The standard InChI is InChI=1S/C17H17Cl4N3O3S/c1-8(2)11-15(28-10-6-4-5-9(18)7-10)24(3)13(22-11)12(25)14(26)23-16(27)17(19,20)21/h4-8,12,25H,1-3H3,(H,23,26,27). The lowest BCUT2D eigenvalue weighted by Gasteiger charge is -2.14. The molecule has 11 heteroatoms. The van der Waals surface area contributed by atoms with Crippen LogP contribution in [-0.4, -0.2) is 30.3 Å². The van der Waals surface area contributed by atoms with Crippen molar-refractivity contribution >= 4 is 70.0 Å². The molecule has 0 aliphatic heterocycles. The Morgan fingerprint density at radius 2 is 1.93 bits per heavy atom. The molecule has 28 heavy (non-hydrogen) atoms. The Bertz CT molecular complexity index is 896. The predicted molar refractivity (Wildman–Crippen MR) is 111 cm³/mol. The van der Waals surface area contributed by atoms with Crippen LogP contribution in [0.2, 0.25) is 5.02 Å². The molecule has 2 N–H and O–H groups in total. The summed E-state index contributed by atoms with van der Waals surface area (Å²) in [6.45, 7) is 3.87. The third-order valence-electron chi connectivity index (χ3n) is 3.65. The van der Waals surface area contributed by atoms with Gasteiger partial charge in [-0.2, -0.15) is 0 Å². The van der Waals surface area contributed by atoms with Crippen LogP contribution in [0, 0.1) is 0 Å². The number of carbonyl (C=O) groups is 2. The lowest BCUT2D eigenvalue weighted by molar-refractivity contribution is -0.136. The zero-order valence-corrected chi connectivity index (χ0v) is 18.9. The Labute approximate surface area is 186 Å². The monoisotopic (exact) mass is 483 g/mol. The van der Waals surface area contributed by atoms with Gasteiger partial charge in [0.25, 0.3) is 15.6 Å². The van der Waals surface area contributed by atoms with Gasteiger partial charge in [-0.3, -0.25) is 14.9 Å². The Hall–Kier alpha value is -0.960. The highest BCUT2D eigenvalue weighted by Gasteiger charge is 2.35. The van der Waals surface area contributed by atoms with Crippen molar-refractivity contribution in [1.82, 2.24) is 14.9 Å². The van der Waals surface area contributed by atoms with E-state index in [4.69, 9.17) is 46.4 Å².